The van der Waals surface area contributed by atoms with Gasteiger partial charge in [-0.05, 0) is 54.1 Å². The molecule has 1 amide bonds. The Hall–Kier alpha value is -3.38. The van der Waals surface area contributed by atoms with Gasteiger partial charge in [0, 0.05) is 12.1 Å². The summed E-state index contributed by atoms with van der Waals surface area (Å²) in [5, 5.41) is 3.77. The molecule has 1 heterocycles. The van der Waals surface area contributed by atoms with Gasteiger partial charge >= 0.3 is 0 Å². The van der Waals surface area contributed by atoms with E-state index in [0.717, 1.165) is 39.1 Å². The van der Waals surface area contributed by atoms with E-state index in [1.54, 1.807) is 7.11 Å². The number of para-hydroxylation sites is 3. The monoisotopic (exact) mass is 415 g/mol. The molecule has 30 heavy (non-hydrogen) atoms. The van der Waals surface area contributed by atoms with Crippen LogP contribution in [0.1, 0.15) is 12.0 Å². The highest BCUT2D eigenvalue weighted by molar-refractivity contribution is 8.14. The Morgan fingerprint density at radius 2 is 1.60 bits per heavy atom. The average Bonchev–Trinajstić information content (AvgIpc) is 2.98. The highest BCUT2D eigenvalue weighted by Crippen LogP contribution is 2.33. The zero-order valence-corrected chi connectivity index (χ0v) is 17.4. The zero-order chi connectivity index (χ0) is 20.8. The van der Waals surface area contributed by atoms with Crippen molar-refractivity contribution in [2.24, 2.45) is 9.98 Å². The quantitative estimate of drug-likeness (QED) is 0.588. The van der Waals surface area contributed by atoms with E-state index in [0.29, 0.717) is 6.42 Å². The van der Waals surface area contributed by atoms with Crippen LogP contribution in [0.3, 0.4) is 0 Å². The summed E-state index contributed by atoms with van der Waals surface area (Å²) >= 11 is 1.44. The Bertz CT molecular complexity index is 1090. The normalized spacial score (nSPS) is 12.8. The number of nitrogens with one attached hydrogen (secondary N) is 1. The number of benzene rings is 3. The number of ether oxygens (including phenoxy) is 1. The van der Waals surface area contributed by atoms with Crippen molar-refractivity contribution < 1.29 is 9.53 Å². The van der Waals surface area contributed by atoms with E-state index in [4.69, 9.17) is 14.7 Å². The first kappa shape index (κ1) is 19.9. The van der Waals surface area contributed by atoms with Crippen LogP contribution in [0.25, 0.3) is 0 Å². The summed E-state index contributed by atoms with van der Waals surface area (Å²) in [4.78, 5) is 22.0. The van der Waals surface area contributed by atoms with Gasteiger partial charge < -0.3 is 10.1 Å². The molecule has 0 fully saturated rings. The first-order valence-electron chi connectivity index (χ1n) is 9.57. The molecule has 0 spiro atoms. The molecular weight excluding hydrogens is 394 g/mol. The van der Waals surface area contributed by atoms with E-state index in [1.165, 1.54) is 11.8 Å². The van der Waals surface area contributed by atoms with E-state index in [1.807, 2.05) is 78.9 Å². The third kappa shape index (κ3) is 4.96. The SMILES string of the molecule is COc1ccc(C2=Nc3ccccc3N=C(SCC(=O)Nc3ccccc3)C2)cc1. The Labute approximate surface area is 179 Å². The third-order valence-electron chi connectivity index (χ3n) is 4.55. The second-order valence-electron chi connectivity index (χ2n) is 6.66. The molecule has 6 heteroatoms. The van der Waals surface area contributed by atoms with Gasteiger partial charge in [0.05, 0.1) is 35.0 Å². The van der Waals surface area contributed by atoms with Crippen LogP contribution < -0.4 is 10.1 Å². The van der Waals surface area contributed by atoms with Crippen molar-refractivity contribution in [3.05, 3.63) is 84.4 Å². The molecule has 0 saturated heterocycles. The highest BCUT2D eigenvalue weighted by Gasteiger charge is 2.16. The number of amides is 1. The molecule has 0 aromatic heterocycles. The van der Waals surface area contributed by atoms with Gasteiger partial charge in [-0.25, -0.2) is 4.99 Å². The number of aliphatic imine (C=N–C) groups is 2. The molecule has 0 unspecified atom stereocenters. The predicted octanol–water partition coefficient (Wildman–Crippen LogP) is 5.62. The molecule has 3 aromatic rings. The van der Waals surface area contributed by atoms with Gasteiger partial charge in [0.15, 0.2) is 0 Å². The molecular formula is C24H21N3O2S. The number of methoxy groups -OCH3 is 1. The van der Waals surface area contributed by atoms with Crippen LogP contribution >= 0.6 is 11.8 Å². The molecule has 1 aliphatic heterocycles. The summed E-state index contributed by atoms with van der Waals surface area (Å²) < 4.78 is 5.26. The smallest absolute Gasteiger partial charge is 0.234 e. The minimum atomic E-state index is -0.0608. The van der Waals surface area contributed by atoms with Crippen LogP contribution in [0.15, 0.2) is 88.8 Å². The van der Waals surface area contributed by atoms with Crippen molar-refractivity contribution >= 4 is 45.5 Å². The average molecular weight is 416 g/mol. The maximum absolute atomic E-state index is 12.4. The number of hydrogen-bond donors (Lipinski definition) is 1. The van der Waals surface area contributed by atoms with Gasteiger partial charge in [0.1, 0.15) is 5.75 Å². The highest BCUT2D eigenvalue weighted by atomic mass is 32.2. The summed E-state index contributed by atoms with van der Waals surface area (Å²) in [5.41, 5.74) is 4.35. The molecule has 5 nitrogen and oxygen atoms in total. The third-order valence-corrected chi connectivity index (χ3v) is 5.53. The van der Waals surface area contributed by atoms with Crippen LogP contribution in [0.4, 0.5) is 17.1 Å². The second kappa shape index (κ2) is 9.41. The topological polar surface area (TPSA) is 63.1 Å². The first-order valence-corrected chi connectivity index (χ1v) is 10.6. The van der Waals surface area contributed by atoms with Crippen LogP contribution in [0, 0.1) is 0 Å². The summed E-state index contributed by atoms with van der Waals surface area (Å²) in [6.45, 7) is 0. The van der Waals surface area contributed by atoms with Crippen molar-refractivity contribution in [1.82, 2.24) is 0 Å². The van der Waals surface area contributed by atoms with E-state index in [-0.39, 0.29) is 11.7 Å². The van der Waals surface area contributed by atoms with E-state index in [9.17, 15) is 4.79 Å². The fraction of sp³-hybridized carbons (Fsp3) is 0.125. The maximum atomic E-state index is 12.4. The molecule has 0 radical (unpaired) electrons. The molecule has 0 saturated carbocycles. The van der Waals surface area contributed by atoms with E-state index in [2.05, 4.69) is 5.32 Å². The lowest BCUT2D eigenvalue weighted by Gasteiger charge is -2.09. The lowest BCUT2D eigenvalue weighted by atomic mass is 10.1. The summed E-state index contributed by atoms with van der Waals surface area (Å²) in [5.74, 6) is 1.02. The molecule has 0 bridgehead atoms. The summed E-state index contributed by atoms with van der Waals surface area (Å²) in [6, 6.07) is 25.1. The fourth-order valence-corrected chi connectivity index (χ4v) is 3.83. The van der Waals surface area contributed by atoms with Crippen LogP contribution in [-0.4, -0.2) is 29.5 Å². The zero-order valence-electron chi connectivity index (χ0n) is 16.5. The van der Waals surface area contributed by atoms with E-state index >= 15 is 0 Å². The van der Waals surface area contributed by atoms with Crippen molar-refractivity contribution in [1.29, 1.82) is 0 Å². The van der Waals surface area contributed by atoms with Gasteiger partial charge in [0.2, 0.25) is 5.91 Å². The number of anilines is 1. The maximum Gasteiger partial charge on any atom is 0.234 e. The van der Waals surface area contributed by atoms with Crippen molar-refractivity contribution in [2.75, 3.05) is 18.2 Å². The van der Waals surface area contributed by atoms with E-state index < -0.39 is 0 Å². The predicted molar refractivity (Wildman–Crippen MR) is 125 cm³/mol. The molecule has 1 N–H and O–H groups in total. The van der Waals surface area contributed by atoms with Gasteiger partial charge in [-0.2, -0.15) is 0 Å². The number of thioether (sulfide) groups is 1. The largest absolute Gasteiger partial charge is 0.497 e. The number of hydrogen-bond acceptors (Lipinski definition) is 5. The Morgan fingerprint density at radius 3 is 2.30 bits per heavy atom. The minimum Gasteiger partial charge on any atom is -0.497 e. The van der Waals surface area contributed by atoms with Crippen LogP contribution in [-0.2, 0) is 4.79 Å². The number of fused-ring (bicyclic) bond motifs is 1. The van der Waals surface area contributed by atoms with Gasteiger partial charge in [0.25, 0.3) is 0 Å². The molecule has 3 aromatic carbocycles. The van der Waals surface area contributed by atoms with Crippen molar-refractivity contribution in [3.63, 3.8) is 0 Å². The van der Waals surface area contributed by atoms with Gasteiger partial charge in [-0.3, -0.25) is 9.79 Å². The van der Waals surface area contributed by atoms with Gasteiger partial charge in [-0.1, -0.05) is 30.3 Å². The van der Waals surface area contributed by atoms with Crippen molar-refractivity contribution in [2.45, 2.75) is 6.42 Å². The van der Waals surface area contributed by atoms with Crippen LogP contribution in [0.2, 0.25) is 0 Å². The fourth-order valence-electron chi connectivity index (χ4n) is 3.06. The Morgan fingerprint density at radius 1 is 0.933 bits per heavy atom. The lowest BCUT2D eigenvalue weighted by molar-refractivity contribution is -0.113. The summed E-state index contributed by atoms with van der Waals surface area (Å²) in [6.07, 6.45) is 0.560. The molecule has 0 aliphatic carbocycles. The number of rotatable bonds is 5. The summed E-state index contributed by atoms with van der Waals surface area (Å²) in [7, 11) is 1.65. The van der Waals surface area contributed by atoms with Crippen LogP contribution in [0.5, 0.6) is 5.75 Å². The minimum absolute atomic E-state index is 0.0608. The number of carbonyl (C=O) groups excluding carboxylic acids is 1. The Balaban J connectivity index is 1.53. The van der Waals surface area contributed by atoms with Gasteiger partial charge in [-0.15, -0.1) is 11.8 Å². The molecule has 0 atom stereocenters. The molecule has 4 rings (SSSR count). The molecule has 1 aliphatic rings. The number of nitrogens with zero attached hydrogens (tertiary/aromatic N) is 2. The molecule has 150 valence electrons. The number of carbonyl (C=O) groups is 1. The lowest BCUT2D eigenvalue weighted by Crippen LogP contribution is -2.16. The van der Waals surface area contributed by atoms with Crippen molar-refractivity contribution in [3.8, 4) is 5.75 Å². The Kier molecular flexibility index (Phi) is 6.25. The standard InChI is InChI=1S/C24H21N3O2S/c1-29-19-13-11-17(12-14-19)22-15-24(27-21-10-6-5-9-20(21)26-22)30-16-23(28)25-18-7-3-2-4-8-18/h2-14H,15-16H2,1H3,(H,25,28). The second-order valence-corrected chi connectivity index (χ2v) is 7.71. The first-order chi connectivity index (χ1) is 14.7.